The molecule has 1 amide bonds. The largest absolute Gasteiger partial charge is 0.353 e. The van der Waals surface area contributed by atoms with Gasteiger partial charge in [-0.05, 0) is 18.9 Å². The maximum absolute atomic E-state index is 13.3. The Morgan fingerprint density at radius 1 is 1.27 bits per heavy atom. The Morgan fingerprint density at radius 2 is 2.05 bits per heavy atom. The number of halogens is 1. The Hall–Kier alpha value is -1.69. The van der Waals surface area contributed by atoms with E-state index in [-0.39, 0.29) is 17.8 Å². The lowest BCUT2D eigenvalue weighted by Gasteiger charge is -2.41. The summed E-state index contributed by atoms with van der Waals surface area (Å²) in [6.45, 7) is 2.86. The molecule has 4 rings (SSSR count). The number of anilines is 1. The SMILES string of the molecule is O=C(C1CC1)N1CCOC12CCN(c1cccc(F)[nH+]1)CC2. The van der Waals surface area contributed by atoms with Gasteiger partial charge in [0.15, 0.2) is 5.72 Å². The standard InChI is InChI=1S/C16H20FN3O2/c17-13-2-1-3-14(18-13)19-8-6-16(7-9-19)20(10-11-22-16)15(21)12-4-5-12/h1-3,12H,4-11H2/p+1. The summed E-state index contributed by atoms with van der Waals surface area (Å²) in [4.78, 5) is 19.3. The van der Waals surface area contributed by atoms with Crippen LogP contribution in [-0.2, 0) is 9.53 Å². The molecule has 3 heterocycles. The van der Waals surface area contributed by atoms with Gasteiger partial charge in [-0.15, -0.1) is 0 Å². The van der Waals surface area contributed by atoms with Crippen molar-refractivity contribution in [1.29, 1.82) is 0 Å². The molecule has 1 N–H and O–H groups in total. The van der Waals surface area contributed by atoms with E-state index in [9.17, 15) is 9.18 Å². The van der Waals surface area contributed by atoms with E-state index in [1.54, 1.807) is 6.07 Å². The van der Waals surface area contributed by atoms with Crippen LogP contribution < -0.4 is 9.88 Å². The van der Waals surface area contributed by atoms with E-state index in [4.69, 9.17) is 4.74 Å². The van der Waals surface area contributed by atoms with Gasteiger partial charge in [0.05, 0.1) is 19.7 Å². The number of carbonyl (C=O) groups is 1. The highest BCUT2D eigenvalue weighted by Gasteiger charge is 2.51. The first-order chi connectivity index (χ1) is 10.7. The molecule has 6 heteroatoms. The van der Waals surface area contributed by atoms with Gasteiger partial charge < -0.3 is 9.64 Å². The zero-order chi connectivity index (χ0) is 15.2. The van der Waals surface area contributed by atoms with Crippen LogP contribution in [0.2, 0.25) is 0 Å². The van der Waals surface area contributed by atoms with Crippen molar-refractivity contribution in [3.63, 3.8) is 0 Å². The predicted molar refractivity (Wildman–Crippen MR) is 77.5 cm³/mol. The first-order valence-electron chi connectivity index (χ1n) is 8.06. The van der Waals surface area contributed by atoms with E-state index in [1.807, 2.05) is 11.0 Å². The van der Waals surface area contributed by atoms with Crippen LogP contribution in [0.1, 0.15) is 25.7 Å². The van der Waals surface area contributed by atoms with Crippen LogP contribution in [0.3, 0.4) is 0 Å². The van der Waals surface area contributed by atoms with Gasteiger partial charge in [0.2, 0.25) is 5.91 Å². The summed E-state index contributed by atoms with van der Waals surface area (Å²) in [5.41, 5.74) is -0.427. The highest BCUT2D eigenvalue weighted by molar-refractivity contribution is 5.82. The number of nitrogens with one attached hydrogen (secondary N) is 1. The molecule has 0 aromatic carbocycles. The van der Waals surface area contributed by atoms with E-state index in [0.29, 0.717) is 13.2 Å². The van der Waals surface area contributed by atoms with E-state index in [1.165, 1.54) is 6.07 Å². The highest BCUT2D eigenvalue weighted by Crippen LogP contribution is 2.40. The Balaban J connectivity index is 1.47. The summed E-state index contributed by atoms with van der Waals surface area (Å²) in [5.74, 6) is 0.949. The number of aromatic amines is 1. The van der Waals surface area contributed by atoms with Crippen molar-refractivity contribution in [2.24, 2.45) is 5.92 Å². The molecule has 2 saturated heterocycles. The third kappa shape index (κ3) is 2.35. The molecule has 0 bridgehead atoms. The third-order valence-corrected chi connectivity index (χ3v) is 5.00. The number of carbonyl (C=O) groups excluding carboxylic acids is 1. The molecule has 1 aromatic heterocycles. The van der Waals surface area contributed by atoms with Gasteiger partial charge in [-0.2, -0.15) is 4.39 Å². The molecular weight excluding hydrogens is 285 g/mol. The van der Waals surface area contributed by atoms with Gasteiger partial charge >= 0.3 is 0 Å². The Bertz CT molecular complexity index is 583. The van der Waals surface area contributed by atoms with Crippen LogP contribution >= 0.6 is 0 Å². The number of hydrogen-bond donors (Lipinski definition) is 0. The van der Waals surface area contributed by atoms with Crippen LogP contribution in [0.25, 0.3) is 0 Å². The lowest BCUT2D eigenvalue weighted by molar-refractivity contribution is -0.409. The number of rotatable bonds is 2. The fourth-order valence-corrected chi connectivity index (χ4v) is 3.60. The minimum Gasteiger partial charge on any atom is -0.353 e. The number of nitrogens with zero attached hydrogens (tertiary/aromatic N) is 2. The number of ether oxygens (including phenoxy) is 1. The number of amides is 1. The van der Waals surface area contributed by atoms with Crippen molar-refractivity contribution in [3.8, 4) is 0 Å². The second-order valence-corrected chi connectivity index (χ2v) is 6.43. The molecule has 118 valence electrons. The van der Waals surface area contributed by atoms with Gasteiger partial charge in [0, 0.05) is 37.4 Å². The number of pyridine rings is 1. The quantitative estimate of drug-likeness (QED) is 0.772. The number of piperidine rings is 1. The summed E-state index contributed by atoms with van der Waals surface area (Å²) in [6, 6.07) is 5.00. The summed E-state index contributed by atoms with van der Waals surface area (Å²) in [6.07, 6.45) is 3.59. The summed E-state index contributed by atoms with van der Waals surface area (Å²) < 4.78 is 19.3. The van der Waals surface area contributed by atoms with Gasteiger partial charge in [0.1, 0.15) is 0 Å². The molecule has 3 fully saturated rings. The zero-order valence-electron chi connectivity index (χ0n) is 12.6. The fraction of sp³-hybridized carbons (Fsp3) is 0.625. The number of hydrogen-bond acceptors (Lipinski definition) is 3. The van der Waals surface area contributed by atoms with Gasteiger partial charge in [-0.25, -0.2) is 4.98 Å². The minimum atomic E-state index is -0.427. The first-order valence-corrected chi connectivity index (χ1v) is 8.06. The van der Waals surface area contributed by atoms with Crippen LogP contribution in [-0.4, -0.2) is 42.8 Å². The van der Waals surface area contributed by atoms with E-state index < -0.39 is 5.72 Å². The van der Waals surface area contributed by atoms with E-state index >= 15 is 0 Å². The minimum absolute atomic E-state index is 0.230. The number of H-pyrrole nitrogens is 1. The van der Waals surface area contributed by atoms with Crippen LogP contribution in [0.4, 0.5) is 10.2 Å². The zero-order valence-corrected chi connectivity index (χ0v) is 12.6. The lowest BCUT2D eigenvalue weighted by atomic mass is 9.98. The van der Waals surface area contributed by atoms with Crippen LogP contribution in [0.5, 0.6) is 0 Å². The van der Waals surface area contributed by atoms with Crippen molar-refractivity contribution in [3.05, 3.63) is 24.1 Å². The molecule has 22 heavy (non-hydrogen) atoms. The van der Waals surface area contributed by atoms with Gasteiger partial charge in [0.25, 0.3) is 11.8 Å². The predicted octanol–water partition coefficient (Wildman–Crippen LogP) is 1.21. The average molecular weight is 306 g/mol. The summed E-state index contributed by atoms with van der Waals surface area (Å²) in [7, 11) is 0. The monoisotopic (exact) mass is 306 g/mol. The van der Waals surface area contributed by atoms with E-state index in [2.05, 4.69) is 9.88 Å². The van der Waals surface area contributed by atoms with Crippen molar-refractivity contribution < 1.29 is 18.9 Å². The molecule has 2 aliphatic heterocycles. The molecule has 0 atom stereocenters. The second kappa shape index (κ2) is 5.19. The molecule has 5 nitrogen and oxygen atoms in total. The van der Waals surface area contributed by atoms with Crippen molar-refractivity contribution in [2.45, 2.75) is 31.4 Å². The molecule has 0 radical (unpaired) electrons. The molecule has 0 unspecified atom stereocenters. The van der Waals surface area contributed by atoms with Crippen LogP contribution in [0, 0.1) is 11.9 Å². The van der Waals surface area contributed by atoms with E-state index in [0.717, 1.165) is 44.6 Å². The summed E-state index contributed by atoms with van der Waals surface area (Å²) >= 11 is 0. The molecule has 1 aromatic rings. The van der Waals surface area contributed by atoms with Gasteiger partial charge in [-0.1, -0.05) is 0 Å². The topological polar surface area (TPSA) is 46.9 Å². The number of aromatic nitrogens is 1. The highest BCUT2D eigenvalue weighted by atomic mass is 19.1. The average Bonchev–Trinajstić information content (AvgIpc) is 3.30. The maximum atomic E-state index is 13.3. The van der Waals surface area contributed by atoms with Crippen molar-refractivity contribution in [1.82, 2.24) is 4.90 Å². The lowest BCUT2D eigenvalue weighted by Crippen LogP contribution is -2.56. The molecule has 1 saturated carbocycles. The second-order valence-electron chi connectivity index (χ2n) is 6.43. The first kappa shape index (κ1) is 13.9. The van der Waals surface area contributed by atoms with Gasteiger partial charge in [-0.3, -0.25) is 9.69 Å². The van der Waals surface area contributed by atoms with Crippen molar-refractivity contribution in [2.75, 3.05) is 31.1 Å². The molecule has 1 aliphatic carbocycles. The Kier molecular flexibility index (Phi) is 3.29. The van der Waals surface area contributed by atoms with Crippen LogP contribution in [0.15, 0.2) is 18.2 Å². The normalized spacial score (nSPS) is 24.0. The molecule has 3 aliphatic rings. The summed E-state index contributed by atoms with van der Waals surface area (Å²) in [5, 5.41) is 0. The molecule has 1 spiro atoms. The van der Waals surface area contributed by atoms with Crippen molar-refractivity contribution >= 4 is 11.7 Å². The third-order valence-electron chi connectivity index (χ3n) is 5.00. The Morgan fingerprint density at radius 3 is 2.73 bits per heavy atom. The molecular formula is C16H21FN3O2+. The maximum Gasteiger partial charge on any atom is 0.276 e. The smallest absolute Gasteiger partial charge is 0.276 e. The fourth-order valence-electron chi connectivity index (χ4n) is 3.60. The Labute approximate surface area is 129 Å².